The molecule has 24 heavy (non-hydrogen) atoms. The highest BCUT2D eigenvalue weighted by Gasteiger charge is 2.12. The molecular weight excluding hydrogens is 345 g/mol. The molecule has 0 saturated carbocycles. The van der Waals surface area contributed by atoms with Gasteiger partial charge in [-0.2, -0.15) is 5.10 Å². The van der Waals surface area contributed by atoms with Gasteiger partial charge in [0.25, 0.3) is 5.91 Å². The maximum absolute atomic E-state index is 12.5. The number of carbonyl (C=O) groups is 1. The summed E-state index contributed by atoms with van der Waals surface area (Å²) >= 11 is 12.1. The van der Waals surface area contributed by atoms with Crippen LogP contribution < -0.4 is 5.32 Å². The van der Waals surface area contributed by atoms with Crippen LogP contribution >= 0.6 is 23.2 Å². The Kier molecular flexibility index (Phi) is 4.88. The molecule has 3 rings (SSSR count). The summed E-state index contributed by atoms with van der Waals surface area (Å²) in [6, 6.07) is 14.5. The molecule has 1 heterocycles. The van der Waals surface area contributed by atoms with Crippen molar-refractivity contribution in [3.8, 4) is 0 Å². The Labute approximate surface area is 150 Å². The third-order valence-electron chi connectivity index (χ3n) is 3.68. The van der Waals surface area contributed by atoms with Crippen molar-refractivity contribution >= 4 is 34.9 Å². The van der Waals surface area contributed by atoms with Crippen molar-refractivity contribution < 1.29 is 4.79 Å². The number of aryl methyl sites for hydroxylation is 1. The van der Waals surface area contributed by atoms with Crippen molar-refractivity contribution in [2.24, 2.45) is 0 Å². The molecular formula is C18H15Cl2N3O. The lowest BCUT2D eigenvalue weighted by Gasteiger charge is -2.11. The Hall–Kier alpha value is -2.30. The van der Waals surface area contributed by atoms with Gasteiger partial charge in [-0.25, -0.2) is 4.68 Å². The fourth-order valence-corrected chi connectivity index (χ4v) is 2.86. The molecule has 0 radical (unpaired) electrons. The molecule has 122 valence electrons. The molecule has 1 amide bonds. The van der Waals surface area contributed by atoms with Crippen LogP contribution in [0.1, 0.15) is 21.5 Å². The Balaban J connectivity index is 1.81. The quantitative estimate of drug-likeness (QED) is 0.727. The van der Waals surface area contributed by atoms with Gasteiger partial charge in [0.15, 0.2) is 0 Å². The first-order chi connectivity index (χ1) is 11.5. The van der Waals surface area contributed by atoms with Crippen LogP contribution in [-0.2, 0) is 6.54 Å². The number of anilines is 1. The van der Waals surface area contributed by atoms with E-state index < -0.39 is 0 Å². The number of hydrogen-bond acceptors (Lipinski definition) is 2. The highest BCUT2D eigenvalue weighted by Crippen LogP contribution is 2.23. The Morgan fingerprint density at radius 2 is 1.96 bits per heavy atom. The summed E-state index contributed by atoms with van der Waals surface area (Å²) in [5.41, 5.74) is 2.42. The van der Waals surface area contributed by atoms with Gasteiger partial charge in [0.1, 0.15) is 5.82 Å². The van der Waals surface area contributed by atoms with E-state index in [-0.39, 0.29) is 5.91 Å². The van der Waals surface area contributed by atoms with Crippen LogP contribution in [0.15, 0.2) is 54.7 Å². The molecule has 6 heteroatoms. The van der Waals surface area contributed by atoms with Crippen molar-refractivity contribution in [1.82, 2.24) is 9.78 Å². The minimum absolute atomic E-state index is 0.169. The molecule has 1 N–H and O–H groups in total. The average Bonchev–Trinajstić information content (AvgIpc) is 2.97. The Morgan fingerprint density at radius 3 is 2.71 bits per heavy atom. The van der Waals surface area contributed by atoms with Crippen LogP contribution in [0, 0.1) is 6.92 Å². The number of amides is 1. The van der Waals surface area contributed by atoms with E-state index in [4.69, 9.17) is 23.2 Å². The number of carbonyl (C=O) groups excluding carboxylic acids is 1. The SMILES string of the molecule is Cc1ccccc1C(=O)Nc1ccnn1Cc1ccc(Cl)cc1Cl. The van der Waals surface area contributed by atoms with Crippen LogP contribution in [-0.4, -0.2) is 15.7 Å². The number of halogens is 2. The maximum atomic E-state index is 12.5. The van der Waals surface area contributed by atoms with Gasteiger partial charge in [-0.1, -0.05) is 47.5 Å². The molecule has 0 aliphatic heterocycles. The summed E-state index contributed by atoms with van der Waals surface area (Å²) in [4.78, 5) is 12.5. The summed E-state index contributed by atoms with van der Waals surface area (Å²) in [6.45, 7) is 2.34. The molecule has 0 atom stereocenters. The van der Waals surface area contributed by atoms with E-state index in [0.717, 1.165) is 11.1 Å². The Bertz CT molecular complexity index is 889. The van der Waals surface area contributed by atoms with Gasteiger partial charge in [-0.15, -0.1) is 0 Å². The largest absolute Gasteiger partial charge is 0.307 e. The molecule has 0 spiro atoms. The molecule has 4 nitrogen and oxygen atoms in total. The van der Waals surface area contributed by atoms with E-state index in [1.54, 1.807) is 35.1 Å². The van der Waals surface area contributed by atoms with Gasteiger partial charge in [0.05, 0.1) is 12.7 Å². The van der Waals surface area contributed by atoms with E-state index in [1.807, 2.05) is 31.2 Å². The van der Waals surface area contributed by atoms with Gasteiger partial charge in [0.2, 0.25) is 0 Å². The van der Waals surface area contributed by atoms with E-state index in [1.165, 1.54) is 0 Å². The van der Waals surface area contributed by atoms with Crippen molar-refractivity contribution in [3.05, 3.63) is 81.5 Å². The molecule has 3 aromatic rings. The van der Waals surface area contributed by atoms with Crippen LogP contribution in [0.2, 0.25) is 10.0 Å². The number of nitrogens with one attached hydrogen (secondary N) is 1. The third-order valence-corrected chi connectivity index (χ3v) is 4.27. The van der Waals surface area contributed by atoms with E-state index >= 15 is 0 Å². The molecule has 0 fully saturated rings. The van der Waals surface area contributed by atoms with Gasteiger partial charge in [-0.3, -0.25) is 4.79 Å². The summed E-state index contributed by atoms with van der Waals surface area (Å²) in [7, 11) is 0. The van der Waals surface area contributed by atoms with Crippen molar-refractivity contribution in [1.29, 1.82) is 0 Å². The summed E-state index contributed by atoms with van der Waals surface area (Å²) in [5.74, 6) is 0.436. The fraction of sp³-hybridized carbons (Fsp3) is 0.111. The first-order valence-electron chi connectivity index (χ1n) is 7.37. The maximum Gasteiger partial charge on any atom is 0.257 e. The lowest BCUT2D eigenvalue weighted by atomic mass is 10.1. The van der Waals surface area contributed by atoms with E-state index in [0.29, 0.717) is 28.0 Å². The zero-order valence-corrected chi connectivity index (χ0v) is 14.5. The number of rotatable bonds is 4. The lowest BCUT2D eigenvalue weighted by molar-refractivity contribution is 0.102. The first kappa shape index (κ1) is 16.6. The highest BCUT2D eigenvalue weighted by atomic mass is 35.5. The van der Waals surface area contributed by atoms with Gasteiger partial charge < -0.3 is 5.32 Å². The van der Waals surface area contributed by atoms with Crippen molar-refractivity contribution in [3.63, 3.8) is 0 Å². The second-order valence-corrected chi connectivity index (χ2v) is 6.22. The van der Waals surface area contributed by atoms with Gasteiger partial charge in [0, 0.05) is 21.7 Å². The second-order valence-electron chi connectivity index (χ2n) is 5.38. The van der Waals surface area contributed by atoms with Crippen LogP contribution in [0.4, 0.5) is 5.82 Å². The van der Waals surface area contributed by atoms with Gasteiger partial charge >= 0.3 is 0 Å². The third kappa shape index (κ3) is 3.61. The number of hydrogen-bond donors (Lipinski definition) is 1. The molecule has 0 unspecified atom stereocenters. The van der Waals surface area contributed by atoms with Crippen LogP contribution in [0.25, 0.3) is 0 Å². The smallest absolute Gasteiger partial charge is 0.257 e. The topological polar surface area (TPSA) is 46.9 Å². The number of nitrogens with zero attached hydrogens (tertiary/aromatic N) is 2. The molecule has 0 aliphatic rings. The molecule has 2 aromatic carbocycles. The number of aromatic nitrogens is 2. The van der Waals surface area contributed by atoms with E-state index in [2.05, 4.69) is 10.4 Å². The zero-order chi connectivity index (χ0) is 17.1. The van der Waals surface area contributed by atoms with Crippen molar-refractivity contribution in [2.75, 3.05) is 5.32 Å². The molecule has 0 bridgehead atoms. The first-order valence-corrected chi connectivity index (χ1v) is 8.13. The fourth-order valence-electron chi connectivity index (χ4n) is 2.39. The zero-order valence-electron chi connectivity index (χ0n) is 13.0. The second kappa shape index (κ2) is 7.07. The molecule has 0 aliphatic carbocycles. The Morgan fingerprint density at radius 1 is 1.17 bits per heavy atom. The average molecular weight is 360 g/mol. The summed E-state index contributed by atoms with van der Waals surface area (Å²) in [6.07, 6.45) is 1.64. The van der Waals surface area contributed by atoms with Crippen molar-refractivity contribution in [2.45, 2.75) is 13.5 Å². The highest BCUT2D eigenvalue weighted by molar-refractivity contribution is 6.35. The minimum atomic E-state index is -0.169. The standard InChI is InChI=1S/C18H15Cl2N3O/c1-12-4-2-3-5-15(12)18(24)22-17-8-9-21-23(17)11-13-6-7-14(19)10-16(13)20/h2-10H,11H2,1H3,(H,22,24). The summed E-state index contributed by atoms with van der Waals surface area (Å²) in [5, 5.41) is 8.29. The molecule has 1 aromatic heterocycles. The van der Waals surface area contributed by atoms with Gasteiger partial charge in [-0.05, 0) is 36.2 Å². The lowest BCUT2D eigenvalue weighted by Crippen LogP contribution is -2.17. The minimum Gasteiger partial charge on any atom is -0.307 e. The predicted octanol–water partition coefficient (Wildman–Crippen LogP) is 4.80. The molecule has 0 saturated heterocycles. The normalized spacial score (nSPS) is 10.6. The predicted molar refractivity (Wildman–Crippen MR) is 96.9 cm³/mol. The monoisotopic (exact) mass is 359 g/mol. The van der Waals surface area contributed by atoms with Crippen LogP contribution in [0.5, 0.6) is 0 Å². The summed E-state index contributed by atoms with van der Waals surface area (Å²) < 4.78 is 1.69. The number of benzene rings is 2. The van der Waals surface area contributed by atoms with E-state index in [9.17, 15) is 4.79 Å². The van der Waals surface area contributed by atoms with Crippen LogP contribution in [0.3, 0.4) is 0 Å².